The number of nitrogens with two attached hydrogens (primary N) is 1. The molecule has 0 aliphatic heterocycles. The molecule has 1 heterocycles. The quantitative estimate of drug-likeness (QED) is 0.683. The minimum atomic E-state index is 0.469. The summed E-state index contributed by atoms with van der Waals surface area (Å²) in [6.07, 6.45) is 6.21. The average Bonchev–Trinajstić information content (AvgIpc) is 2.87. The fourth-order valence-corrected chi connectivity index (χ4v) is 3.82. The molecule has 0 bridgehead atoms. The number of aromatic nitrogens is 3. The lowest BCUT2D eigenvalue weighted by atomic mass is 9.89. The van der Waals surface area contributed by atoms with Crippen molar-refractivity contribution < 1.29 is 0 Å². The zero-order valence-electron chi connectivity index (χ0n) is 11.8. The molecule has 21 heavy (non-hydrogen) atoms. The Morgan fingerprint density at radius 3 is 2.81 bits per heavy atom. The fourth-order valence-electron chi connectivity index (χ4n) is 2.80. The predicted molar refractivity (Wildman–Crippen MR) is 87.0 cm³/mol. The van der Waals surface area contributed by atoms with Gasteiger partial charge in [-0.1, -0.05) is 54.8 Å². The lowest BCUT2D eigenvalue weighted by Crippen LogP contribution is -2.18. The maximum absolute atomic E-state index is 6.17. The second-order valence-electron chi connectivity index (χ2n) is 5.46. The molecule has 1 aliphatic rings. The maximum Gasteiger partial charge on any atom is 0.210 e. The molecule has 1 aliphatic carbocycles. The van der Waals surface area contributed by atoms with Gasteiger partial charge in [0.2, 0.25) is 5.16 Å². The Bertz CT molecular complexity index is 607. The van der Waals surface area contributed by atoms with Crippen molar-refractivity contribution in [3.63, 3.8) is 0 Å². The molecule has 0 amide bonds. The minimum Gasteiger partial charge on any atom is -0.336 e. The van der Waals surface area contributed by atoms with Crippen LogP contribution in [0.3, 0.4) is 0 Å². The number of halogens is 1. The third kappa shape index (κ3) is 3.52. The number of rotatable bonds is 4. The second-order valence-corrected chi connectivity index (χ2v) is 6.84. The molecule has 4 nitrogen and oxygen atoms in total. The van der Waals surface area contributed by atoms with E-state index in [-0.39, 0.29) is 0 Å². The average molecular weight is 323 g/mol. The molecule has 1 aromatic carbocycles. The first-order valence-electron chi connectivity index (χ1n) is 7.31. The van der Waals surface area contributed by atoms with Gasteiger partial charge in [0.25, 0.3) is 0 Å². The van der Waals surface area contributed by atoms with Gasteiger partial charge in [0.15, 0.2) is 5.82 Å². The van der Waals surface area contributed by atoms with E-state index in [1.54, 1.807) is 16.4 Å². The van der Waals surface area contributed by atoms with E-state index in [4.69, 9.17) is 17.4 Å². The highest BCUT2D eigenvalue weighted by Gasteiger charge is 2.22. The molecule has 1 aromatic heterocycles. The van der Waals surface area contributed by atoms with Gasteiger partial charge in [-0.15, -0.1) is 10.2 Å². The van der Waals surface area contributed by atoms with Crippen molar-refractivity contribution in [2.75, 3.05) is 5.84 Å². The molecule has 0 atom stereocenters. The third-order valence-electron chi connectivity index (χ3n) is 3.92. The van der Waals surface area contributed by atoms with E-state index < -0.39 is 0 Å². The largest absolute Gasteiger partial charge is 0.336 e. The van der Waals surface area contributed by atoms with Crippen LogP contribution in [0.2, 0.25) is 5.02 Å². The van der Waals surface area contributed by atoms with Crippen LogP contribution in [0.1, 0.15) is 49.4 Å². The summed E-state index contributed by atoms with van der Waals surface area (Å²) in [4.78, 5) is 0. The molecule has 1 fully saturated rings. The van der Waals surface area contributed by atoms with E-state index >= 15 is 0 Å². The van der Waals surface area contributed by atoms with Crippen LogP contribution in [0.25, 0.3) is 0 Å². The zero-order chi connectivity index (χ0) is 14.7. The summed E-state index contributed by atoms with van der Waals surface area (Å²) in [5, 5.41) is 10.1. The Morgan fingerprint density at radius 1 is 1.24 bits per heavy atom. The summed E-state index contributed by atoms with van der Waals surface area (Å²) in [6, 6.07) is 7.85. The smallest absolute Gasteiger partial charge is 0.210 e. The van der Waals surface area contributed by atoms with Gasteiger partial charge >= 0.3 is 0 Å². The summed E-state index contributed by atoms with van der Waals surface area (Å²) in [6.45, 7) is 0. The van der Waals surface area contributed by atoms with Crippen LogP contribution in [0, 0.1) is 0 Å². The topological polar surface area (TPSA) is 56.7 Å². The van der Waals surface area contributed by atoms with Gasteiger partial charge < -0.3 is 5.84 Å². The lowest BCUT2D eigenvalue weighted by Gasteiger charge is -2.20. The Labute approximate surface area is 134 Å². The molecule has 2 aromatic rings. The highest BCUT2D eigenvalue weighted by molar-refractivity contribution is 7.98. The van der Waals surface area contributed by atoms with Crippen LogP contribution in [0.4, 0.5) is 0 Å². The molecular formula is C15H19ClN4S. The number of nitrogen functional groups attached to an aromatic ring is 1. The highest BCUT2D eigenvalue weighted by Crippen LogP contribution is 2.32. The van der Waals surface area contributed by atoms with Crippen LogP contribution >= 0.6 is 23.4 Å². The Morgan fingerprint density at radius 2 is 2.05 bits per heavy atom. The third-order valence-corrected chi connectivity index (χ3v) is 5.17. The SMILES string of the molecule is Nn1c(SCc2cccc(Cl)c2)nnc1C1CCCCC1. The van der Waals surface area contributed by atoms with E-state index in [9.17, 15) is 0 Å². The van der Waals surface area contributed by atoms with Crippen molar-refractivity contribution in [2.24, 2.45) is 0 Å². The van der Waals surface area contributed by atoms with Crippen molar-refractivity contribution in [1.82, 2.24) is 14.9 Å². The van der Waals surface area contributed by atoms with Gasteiger partial charge in [-0.3, -0.25) is 0 Å². The molecule has 3 rings (SSSR count). The van der Waals surface area contributed by atoms with Gasteiger partial charge in [-0.2, -0.15) is 0 Å². The van der Waals surface area contributed by atoms with Gasteiger partial charge in [-0.05, 0) is 30.5 Å². The molecule has 0 spiro atoms. The molecular weight excluding hydrogens is 304 g/mol. The van der Waals surface area contributed by atoms with Crippen LogP contribution in [0.15, 0.2) is 29.4 Å². The van der Waals surface area contributed by atoms with Crippen LogP contribution < -0.4 is 5.84 Å². The summed E-state index contributed by atoms with van der Waals surface area (Å²) in [5.74, 6) is 8.37. The van der Waals surface area contributed by atoms with Gasteiger partial charge in [0.1, 0.15) is 0 Å². The summed E-state index contributed by atoms with van der Waals surface area (Å²) < 4.78 is 1.67. The molecule has 0 saturated heterocycles. The monoisotopic (exact) mass is 322 g/mol. The number of hydrogen-bond acceptors (Lipinski definition) is 4. The normalized spacial score (nSPS) is 16.2. The molecule has 1 saturated carbocycles. The first-order chi connectivity index (χ1) is 10.2. The predicted octanol–water partition coefficient (Wildman–Crippen LogP) is 3.99. The van der Waals surface area contributed by atoms with Crippen molar-refractivity contribution in [3.05, 3.63) is 40.7 Å². The van der Waals surface area contributed by atoms with E-state index in [1.807, 2.05) is 18.2 Å². The van der Waals surface area contributed by atoms with Crippen LogP contribution in [0.5, 0.6) is 0 Å². The van der Waals surface area contributed by atoms with Crippen LogP contribution in [-0.2, 0) is 5.75 Å². The standard InChI is InChI=1S/C15H19ClN4S/c16-13-8-4-5-11(9-13)10-21-15-19-18-14(20(15)17)12-6-2-1-3-7-12/h4-5,8-9,12H,1-3,6-7,10,17H2. The molecule has 6 heteroatoms. The first kappa shape index (κ1) is 14.7. The van der Waals surface area contributed by atoms with Crippen molar-refractivity contribution in [3.8, 4) is 0 Å². The number of hydrogen-bond donors (Lipinski definition) is 1. The highest BCUT2D eigenvalue weighted by atomic mass is 35.5. The van der Waals surface area contributed by atoms with Gasteiger partial charge in [0, 0.05) is 16.7 Å². The number of benzene rings is 1. The fraction of sp³-hybridized carbons (Fsp3) is 0.467. The zero-order valence-corrected chi connectivity index (χ0v) is 13.4. The molecule has 2 N–H and O–H groups in total. The van der Waals surface area contributed by atoms with Crippen molar-refractivity contribution >= 4 is 23.4 Å². The summed E-state index contributed by atoms with van der Waals surface area (Å²) >= 11 is 7.60. The summed E-state index contributed by atoms with van der Waals surface area (Å²) in [5.41, 5.74) is 1.16. The number of thioether (sulfide) groups is 1. The summed E-state index contributed by atoms with van der Waals surface area (Å²) in [7, 11) is 0. The second kappa shape index (κ2) is 6.71. The van der Waals surface area contributed by atoms with E-state index in [2.05, 4.69) is 16.3 Å². The van der Waals surface area contributed by atoms with Crippen molar-refractivity contribution in [2.45, 2.75) is 48.9 Å². The lowest BCUT2D eigenvalue weighted by molar-refractivity contribution is 0.421. The van der Waals surface area contributed by atoms with E-state index in [0.29, 0.717) is 5.92 Å². The van der Waals surface area contributed by atoms with Crippen molar-refractivity contribution in [1.29, 1.82) is 0 Å². The van der Waals surface area contributed by atoms with E-state index in [1.165, 1.54) is 32.1 Å². The molecule has 112 valence electrons. The van der Waals surface area contributed by atoms with Gasteiger partial charge in [0.05, 0.1) is 0 Å². The minimum absolute atomic E-state index is 0.469. The molecule has 0 unspecified atom stereocenters. The Balaban J connectivity index is 1.67. The van der Waals surface area contributed by atoms with Gasteiger partial charge in [-0.25, -0.2) is 4.68 Å². The molecule has 0 radical (unpaired) electrons. The number of nitrogens with zero attached hydrogens (tertiary/aromatic N) is 3. The first-order valence-corrected chi connectivity index (χ1v) is 8.68. The van der Waals surface area contributed by atoms with Crippen LogP contribution in [-0.4, -0.2) is 14.9 Å². The maximum atomic E-state index is 6.17. The Kier molecular flexibility index (Phi) is 4.70. The van der Waals surface area contributed by atoms with E-state index in [0.717, 1.165) is 27.3 Å². The Hall–Kier alpha value is -1.20.